The summed E-state index contributed by atoms with van der Waals surface area (Å²) >= 11 is 0. The van der Waals surface area contributed by atoms with Gasteiger partial charge in [-0.1, -0.05) is 94.5 Å². The van der Waals surface area contributed by atoms with Gasteiger partial charge in [0.15, 0.2) is 0 Å². The van der Waals surface area contributed by atoms with E-state index < -0.39 is 0 Å². The molecular formula is C31H43N3O2S2. The fourth-order valence-corrected chi connectivity index (χ4v) is 4.78. The van der Waals surface area contributed by atoms with Gasteiger partial charge < -0.3 is 10.6 Å². The lowest BCUT2D eigenvalue weighted by molar-refractivity contribution is -0.120. The lowest BCUT2D eigenvalue weighted by atomic mass is 10.2. The SMILES string of the molecule is CC=CCC=CCC=CCC=CCC=CCC=CCCC(=O)NCCSSCCNC(=O)c1cccnc1. The van der Waals surface area contributed by atoms with Crippen molar-refractivity contribution in [3.8, 4) is 0 Å². The van der Waals surface area contributed by atoms with E-state index in [0.717, 1.165) is 50.0 Å². The van der Waals surface area contributed by atoms with E-state index in [1.807, 2.05) is 6.92 Å². The minimum Gasteiger partial charge on any atom is -0.355 e. The van der Waals surface area contributed by atoms with E-state index in [9.17, 15) is 9.59 Å². The monoisotopic (exact) mass is 553 g/mol. The molecule has 7 heteroatoms. The first kappa shape index (κ1) is 33.3. The first-order valence-corrected chi connectivity index (χ1v) is 15.8. The molecule has 0 radical (unpaired) electrons. The highest BCUT2D eigenvalue weighted by Gasteiger charge is 2.03. The van der Waals surface area contributed by atoms with Crippen LogP contribution in [0.25, 0.3) is 0 Å². The summed E-state index contributed by atoms with van der Waals surface area (Å²) in [7, 11) is 3.39. The molecule has 0 bridgehead atoms. The van der Waals surface area contributed by atoms with E-state index >= 15 is 0 Å². The quantitative estimate of drug-likeness (QED) is 0.0943. The summed E-state index contributed by atoms with van der Waals surface area (Å²) in [5.74, 6) is 1.64. The van der Waals surface area contributed by atoms with Gasteiger partial charge in [0, 0.05) is 43.4 Å². The summed E-state index contributed by atoms with van der Waals surface area (Å²) in [6.07, 6.45) is 35.2. The van der Waals surface area contributed by atoms with Gasteiger partial charge in [-0.25, -0.2) is 0 Å². The molecule has 1 aromatic heterocycles. The summed E-state index contributed by atoms with van der Waals surface area (Å²) in [5, 5.41) is 5.83. The van der Waals surface area contributed by atoms with Gasteiger partial charge in [0.05, 0.1) is 5.56 Å². The molecule has 1 aromatic rings. The normalized spacial score (nSPS) is 12.2. The number of rotatable bonds is 21. The van der Waals surface area contributed by atoms with E-state index in [0.29, 0.717) is 25.1 Å². The molecule has 0 saturated carbocycles. The molecule has 0 aliphatic carbocycles. The number of pyridine rings is 1. The molecule has 1 rings (SSSR count). The smallest absolute Gasteiger partial charge is 0.252 e. The number of carbonyl (C=O) groups is 2. The number of nitrogens with one attached hydrogen (secondary N) is 2. The van der Waals surface area contributed by atoms with Crippen LogP contribution in [0.4, 0.5) is 0 Å². The first-order valence-electron chi connectivity index (χ1n) is 13.3. The van der Waals surface area contributed by atoms with Crippen LogP contribution in [-0.2, 0) is 4.79 Å². The number of carbonyl (C=O) groups excluding carboxylic acids is 2. The molecule has 2 amide bonds. The van der Waals surface area contributed by atoms with Gasteiger partial charge in [-0.3, -0.25) is 14.6 Å². The Morgan fingerprint density at radius 1 is 0.763 bits per heavy atom. The van der Waals surface area contributed by atoms with Crippen LogP contribution in [0.3, 0.4) is 0 Å². The third kappa shape index (κ3) is 21.3. The van der Waals surface area contributed by atoms with Crippen molar-refractivity contribution in [2.45, 2.75) is 51.9 Å². The number of hydrogen-bond acceptors (Lipinski definition) is 5. The van der Waals surface area contributed by atoms with Crippen molar-refractivity contribution in [3.63, 3.8) is 0 Å². The maximum atomic E-state index is 11.9. The van der Waals surface area contributed by atoms with Crippen LogP contribution in [0.5, 0.6) is 0 Å². The lowest BCUT2D eigenvalue weighted by Gasteiger charge is -2.05. The molecule has 0 aliphatic rings. The van der Waals surface area contributed by atoms with Crippen LogP contribution in [0.2, 0.25) is 0 Å². The van der Waals surface area contributed by atoms with Crippen LogP contribution >= 0.6 is 21.6 Å². The maximum Gasteiger partial charge on any atom is 0.252 e. The third-order valence-electron chi connectivity index (χ3n) is 4.95. The predicted molar refractivity (Wildman–Crippen MR) is 167 cm³/mol. The molecule has 2 N–H and O–H groups in total. The highest BCUT2D eigenvalue weighted by Crippen LogP contribution is 2.19. The Labute approximate surface area is 237 Å². The third-order valence-corrected chi connectivity index (χ3v) is 7.36. The van der Waals surface area contributed by atoms with Crippen LogP contribution in [0.15, 0.2) is 97.4 Å². The zero-order chi connectivity index (χ0) is 27.4. The van der Waals surface area contributed by atoms with Crippen molar-refractivity contribution < 1.29 is 9.59 Å². The molecule has 0 atom stereocenters. The van der Waals surface area contributed by atoms with E-state index in [1.54, 1.807) is 46.1 Å². The number of allylic oxidation sites excluding steroid dienone is 12. The topological polar surface area (TPSA) is 71.1 Å². The van der Waals surface area contributed by atoms with Crippen LogP contribution < -0.4 is 10.6 Å². The van der Waals surface area contributed by atoms with Crippen LogP contribution in [0.1, 0.15) is 62.2 Å². The summed E-state index contributed by atoms with van der Waals surface area (Å²) in [4.78, 5) is 27.7. The number of aromatic nitrogens is 1. The highest BCUT2D eigenvalue weighted by molar-refractivity contribution is 8.76. The van der Waals surface area contributed by atoms with Gasteiger partial charge in [-0.05, 0) is 57.6 Å². The number of nitrogens with zero attached hydrogens (tertiary/aromatic N) is 1. The second-order valence-corrected chi connectivity index (χ2v) is 10.8. The second kappa shape index (κ2) is 25.9. The van der Waals surface area contributed by atoms with E-state index in [2.05, 4.69) is 88.5 Å². The molecule has 0 unspecified atom stereocenters. The Hall–Kier alpha value is -2.77. The van der Waals surface area contributed by atoms with E-state index in [1.165, 1.54) is 0 Å². The molecule has 0 aliphatic heterocycles. The average Bonchev–Trinajstić information content (AvgIpc) is 2.94. The average molecular weight is 554 g/mol. The Bertz CT molecular complexity index is 922. The van der Waals surface area contributed by atoms with Crippen molar-refractivity contribution in [3.05, 3.63) is 103 Å². The van der Waals surface area contributed by atoms with Crippen LogP contribution in [-0.4, -0.2) is 41.4 Å². The zero-order valence-electron chi connectivity index (χ0n) is 22.6. The first-order chi connectivity index (χ1) is 18.7. The second-order valence-electron chi connectivity index (χ2n) is 8.13. The largest absolute Gasteiger partial charge is 0.355 e. The fraction of sp³-hybridized carbons (Fsp3) is 0.387. The maximum absolute atomic E-state index is 11.9. The van der Waals surface area contributed by atoms with Crippen molar-refractivity contribution >= 4 is 33.4 Å². The molecular weight excluding hydrogens is 510 g/mol. The lowest BCUT2D eigenvalue weighted by Crippen LogP contribution is -2.26. The molecule has 5 nitrogen and oxygen atoms in total. The summed E-state index contributed by atoms with van der Waals surface area (Å²) in [6, 6.07) is 3.49. The summed E-state index contributed by atoms with van der Waals surface area (Å²) in [6.45, 7) is 3.30. The Morgan fingerprint density at radius 2 is 1.29 bits per heavy atom. The molecule has 0 aromatic carbocycles. The fourth-order valence-electron chi connectivity index (χ4n) is 2.97. The molecule has 0 fully saturated rings. The van der Waals surface area contributed by atoms with Gasteiger partial charge in [-0.15, -0.1) is 0 Å². The number of amides is 2. The van der Waals surface area contributed by atoms with E-state index in [4.69, 9.17) is 0 Å². The summed E-state index contributed by atoms with van der Waals surface area (Å²) in [5.41, 5.74) is 0.571. The molecule has 38 heavy (non-hydrogen) atoms. The molecule has 1 heterocycles. The van der Waals surface area contributed by atoms with E-state index in [-0.39, 0.29) is 11.8 Å². The predicted octanol–water partition coefficient (Wildman–Crippen LogP) is 7.40. The molecule has 206 valence electrons. The van der Waals surface area contributed by atoms with Crippen molar-refractivity contribution in [2.75, 3.05) is 24.6 Å². The Kier molecular flexibility index (Phi) is 22.6. The number of hydrogen-bond donors (Lipinski definition) is 2. The molecule has 0 saturated heterocycles. The van der Waals surface area contributed by atoms with Gasteiger partial charge in [-0.2, -0.15) is 0 Å². The molecule has 0 spiro atoms. The van der Waals surface area contributed by atoms with Crippen molar-refractivity contribution in [1.82, 2.24) is 15.6 Å². The van der Waals surface area contributed by atoms with Gasteiger partial charge in [0.1, 0.15) is 0 Å². The Morgan fingerprint density at radius 3 is 1.82 bits per heavy atom. The minimum absolute atomic E-state index is 0.0865. The zero-order valence-corrected chi connectivity index (χ0v) is 24.2. The highest BCUT2D eigenvalue weighted by atomic mass is 33.1. The van der Waals surface area contributed by atoms with Crippen molar-refractivity contribution in [2.24, 2.45) is 0 Å². The van der Waals surface area contributed by atoms with Gasteiger partial charge in [0.2, 0.25) is 5.91 Å². The Balaban J connectivity index is 1.90. The van der Waals surface area contributed by atoms with Gasteiger partial charge in [0.25, 0.3) is 5.91 Å². The van der Waals surface area contributed by atoms with Gasteiger partial charge >= 0.3 is 0 Å². The summed E-state index contributed by atoms with van der Waals surface area (Å²) < 4.78 is 0. The minimum atomic E-state index is -0.104. The van der Waals surface area contributed by atoms with Crippen LogP contribution in [0, 0.1) is 0 Å². The standard InChI is InChI=1S/C31H43N3O2S2/c1-2-3-4-5-6-7-8-9-10-11-12-13-14-15-16-17-18-19-22-30(35)33-24-26-37-38-27-25-34-31(36)29-21-20-23-32-28-29/h2-3,5-6,8-9,11-12,14-15,17-18,20-21,23,28H,4,7,10,13,16,19,22,24-27H2,1H3,(H,33,35)(H,34,36). The van der Waals surface area contributed by atoms with Crippen molar-refractivity contribution in [1.29, 1.82) is 0 Å².